The number of nitrogens with zero attached hydrogens (tertiary/aromatic N) is 3. The van der Waals surface area contributed by atoms with E-state index in [0.717, 1.165) is 25.0 Å². The number of hydrogen-bond donors (Lipinski definition) is 1. The Morgan fingerprint density at radius 1 is 1.16 bits per heavy atom. The first-order chi connectivity index (χ1) is 15.3. The largest absolute Gasteiger partial charge is 0.418 e. The van der Waals surface area contributed by atoms with Crippen molar-refractivity contribution in [1.29, 1.82) is 0 Å². The Morgan fingerprint density at radius 3 is 2.62 bits per heavy atom. The lowest BCUT2D eigenvalue weighted by molar-refractivity contribution is -0.136. The summed E-state index contributed by atoms with van der Waals surface area (Å²) in [6, 6.07) is 7.05. The zero-order valence-corrected chi connectivity index (χ0v) is 17.0. The van der Waals surface area contributed by atoms with Crippen LogP contribution in [0.3, 0.4) is 0 Å². The van der Waals surface area contributed by atoms with Gasteiger partial charge < -0.3 is 14.5 Å². The number of rotatable bonds is 3. The van der Waals surface area contributed by atoms with Gasteiger partial charge in [0, 0.05) is 24.5 Å². The molecule has 164 valence electrons. The summed E-state index contributed by atoms with van der Waals surface area (Å²) in [7, 11) is 1.68. The van der Waals surface area contributed by atoms with Gasteiger partial charge in [-0.05, 0) is 43.0 Å². The lowest BCUT2D eigenvalue weighted by Crippen LogP contribution is -2.28. The second-order valence-electron chi connectivity index (χ2n) is 8.59. The van der Waals surface area contributed by atoms with Gasteiger partial charge in [0.1, 0.15) is 17.6 Å². The Labute approximate surface area is 179 Å². The summed E-state index contributed by atoms with van der Waals surface area (Å²) in [5.41, 5.74) is 1.28. The highest BCUT2D eigenvalue weighted by atomic mass is 19.4. The van der Waals surface area contributed by atoms with Crippen molar-refractivity contribution >= 4 is 33.9 Å². The van der Waals surface area contributed by atoms with E-state index in [-0.39, 0.29) is 22.8 Å². The topological polar surface area (TPSA) is 51.9 Å². The van der Waals surface area contributed by atoms with E-state index in [1.54, 1.807) is 11.6 Å². The van der Waals surface area contributed by atoms with Gasteiger partial charge in [-0.2, -0.15) is 13.2 Å². The number of carbonyl (C=O) groups is 1. The third-order valence-corrected chi connectivity index (χ3v) is 6.60. The van der Waals surface area contributed by atoms with E-state index < -0.39 is 17.6 Å². The van der Waals surface area contributed by atoms with Crippen molar-refractivity contribution in [2.24, 2.45) is 13.0 Å². The molecule has 1 aliphatic carbocycles. The van der Waals surface area contributed by atoms with E-state index in [1.165, 1.54) is 12.1 Å². The lowest BCUT2D eigenvalue weighted by Gasteiger charge is -2.30. The predicted molar refractivity (Wildman–Crippen MR) is 112 cm³/mol. The molecule has 3 heterocycles. The molecular formula is C23H18F4N4O. The first-order valence-electron chi connectivity index (χ1n) is 10.4. The number of aromatic nitrogens is 3. The van der Waals surface area contributed by atoms with E-state index in [2.05, 4.69) is 10.3 Å². The predicted octanol–water partition coefficient (Wildman–Crippen LogP) is 5.54. The zero-order chi connectivity index (χ0) is 22.4. The van der Waals surface area contributed by atoms with Crippen LogP contribution in [0.1, 0.15) is 34.8 Å². The molecule has 6 rings (SSSR count). The van der Waals surface area contributed by atoms with Gasteiger partial charge in [0.15, 0.2) is 5.82 Å². The number of anilines is 1. The number of alkyl halides is 3. The van der Waals surface area contributed by atoms with Crippen molar-refractivity contribution < 1.29 is 22.4 Å². The van der Waals surface area contributed by atoms with Crippen LogP contribution in [-0.2, 0) is 13.2 Å². The van der Waals surface area contributed by atoms with Gasteiger partial charge in [0.2, 0.25) is 0 Å². The molecule has 0 saturated heterocycles. The van der Waals surface area contributed by atoms with E-state index >= 15 is 0 Å². The molecule has 1 atom stereocenters. The van der Waals surface area contributed by atoms with Crippen molar-refractivity contribution in [1.82, 2.24) is 14.1 Å². The first-order valence-corrected chi connectivity index (χ1v) is 10.4. The van der Waals surface area contributed by atoms with Crippen molar-refractivity contribution in [3.8, 4) is 11.5 Å². The molecule has 0 spiro atoms. The second kappa shape index (κ2) is 6.34. The summed E-state index contributed by atoms with van der Waals surface area (Å²) in [5, 5.41) is 3.71. The maximum absolute atomic E-state index is 14.7. The van der Waals surface area contributed by atoms with E-state index in [0.29, 0.717) is 46.7 Å². The van der Waals surface area contributed by atoms with E-state index in [1.807, 2.05) is 10.6 Å². The van der Waals surface area contributed by atoms with Gasteiger partial charge in [-0.25, -0.2) is 9.37 Å². The van der Waals surface area contributed by atoms with Crippen molar-refractivity contribution in [3.63, 3.8) is 0 Å². The highest BCUT2D eigenvalue weighted by molar-refractivity contribution is 5.99. The third kappa shape index (κ3) is 2.63. The summed E-state index contributed by atoms with van der Waals surface area (Å²) >= 11 is 0. The minimum absolute atomic E-state index is 0.0197. The molecule has 4 aromatic rings. The number of halogens is 4. The van der Waals surface area contributed by atoms with Crippen LogP contribution >= 0.6 is 0 Å². The van der Waals surface area contributed by atoms with Gasteiger partial charge in [-0.3, -0.25) is 4.79 Å². The van der Waals surface area contributed by atoms with Gasteiger partial charge >= 0.3 is 6.18 Å². The molecule has 2 aromatic carbocycles. The van der Waals surface area contributed by atoms with Gasteiger partial charge in [0.05, 0.1) is 34.0 Å². The smallest absolute Gasteiger partial charge is 0.381 e. The van der Waals surface area contributed by atoms with E-state index in [9.17, 15) is 22.4 Å². The SMILES string of the molecule is Cn1c(-c2cc3ccc(C(F)(F)F)c4c3n2C(C2CC2)CN4)nc2cc(C=O)cc(F)c21. The normalized spacial score (nSPS) is 18.3. The highest BCUT2D eigenvalue weighted by Gasteiger charge is 2.41. The maximum Gasteiger partial charge on any atom is 0.418 e. The third-order valence-electron chi connectivity index (χ3n) is 6.60. The number of nitrogens with one attached hydrogen (secondary N) is 1. The van der Waals surface area contributed by atoms with Crippen LogP contribution in [0.5, 0.6) is 0 Å². The van der Waals surface area contributed by atoms with Crippen LogP contribution in [0.25, 0.3) is 33.5 Å². The minimum Gasteiger partial charge on any atom is -0.381 e. The van der Waals surface area contributed by atoms with Crippen molar-refractivity contribution in [2.45, 2.75) is 25.1 Å². The minimum atomic E-state index is -4.48. The average Bonchev–Trinajstić information content (AvgIpc) is 3.44. The Bertz CT molecular complexity index is 1430. The average molecular weight is 442 g/mol. The van der Waals surface area contributed by atoms with Crippen LogP contribution in [0.4, 0.5) is 23.2 Å². The van der Waals surface area contributed by atoms with Crippen LogP contribution in [-0.4, -0.2) is 26.9 Å². The number of carbonyl (C=O) groups excluding carboxylic acids is 1. The first kappa shape index (κ1) is 19.3. The summed E-state index contributed by atoms with van der Waals surface area (Å²) in [5.74, 6) is 0.249. The molecular weight excluding hydrogens is 424 g/mol. The van der Waals surface area contributed by atoms with E-state index in [4.69, 9.17) is 0 Å². The fourth-order valence-corrected chi connectivity index (χ4v) is 5.02. The standard InChI is InChI=1S/C23H18F4N4O/c1-30-21-15(24)6-11(10-32)7-16(21)29-22(30)17-8-13-4-5-14(23(25,26)27)19-20(13)31(17)18(9-28-19)12-2-3-12/h4-8,10,12,18,28H,2-3,9H2,1H3. The quantitative estimate of drug-likeness (QED) is 0.335. The molecule has 2 aliphatic rings. The zero-order valence-electron chi connectivity index (χ0n) is 17.0. The number of benzene rings is 2. The maximum atomic E-state index is 14.7. The molecule has 5 nitrogen and oxygen atoms in total. The molecule has 0 radical (unpaired) electrons. The molecule has 0 amide bonds. The Hall–Kier alpha value is -3.36. The number of fused-ring (bicyclic) bond motifs is 1. The Balaban J connectivity index is 1.67. The summed E-state index contributed by atoms with van der Waals surface area (Å²) in [6.45, 7) is 0.384. The molecule has 1 aliphatic heterocycles. The van der Waals surface area contributed by atoms with Crippen LogP contribution in [0.15, 0.2) is 30.3 Å². The lowest BCUT2D eigenvalue weighted by atomic mass is 10.0. The van der Waals surface area contributed by atoms with Gasteiger partial charge in [-0.1, -0.05) is 6.07 Å². The number of hydrogen-bond acceptors (Lipinski definition) is 3. The van der Waals surface area contributed by atoms with Gasteiger partial charge in [-0.15, -0.1) is 0 Å². The molecule has 2 aromatic heterocycles. The molecule has 1 N–H and O–H groups in total. The molecule has 1 saturated carbocycles. The molecule has 1 unspecified atom stereocenters. The van der Waals surface area contributed by atoms with Crippen molar-refractivity contribution in [3.05, 3.63) is 47.3 Å². The monoisotopic (exact) mass is 442 g/mol. The summed E-state index contributed by atoms with van der Waals surface area (Å²) in [6.07, 6.45) is -1.89. The highest BCUT2D eigenvalue weighted by Crippen LogP contribution is 2.50. The molecule has 9 heteroatoms. The van der Waals surface area contributed by atoms with Crippen LogP contribution in [0.2, 0.25) is 0 Å². The number of aryl methyl sites for hydroxylation is 1. The molecule has 0 bridgehead atoms. The molecule has 1 fully saturated rings. The fraction of sp³-hybridized carbons (Fsp3) is 0.304. The van der Waals surface area contributed by atoms with Gasteiger partial charge in [0.25, 0.3) is 0 Å². The fourth-order valence-electron chi connectivity index (χ4n) is 5.02. The number of aldehydes is 1. The number of imidazole rings is 1. The second-order valence-corrected chi connectivity index (χ2v) is 8.59. The van der Waals surface area contributed by atoms with Crippen LogP contribution in [0, 0.1) is 11.7 Å². The Morgan fingerprint density at radius 2 is 1.94 bits per heavy atom. The molecule has 32 heavy (non-hydrogen) atoms. The van der Waals surface area contributed by atoms with Crippen LogP contribution < -0.4 is 5.32 Å². The summed E-state index contributed by atoms with van der Waals surface area (Å²) < 4.78 is 59.4. The van der Waals surface area contributed by atoms with Crippen molar-refractivity contribution in [2.75, 3.05) is 11.9 Å². The Kier molecular flexibility index (Phi) is 3.83. The summed E-state index contributed by atoms with van der Waals surface area (Å²) in [4.78, 5) is 15.8.